The van der Waals surface area contributed by atoms with E-state index in [0.717, 1.165) is 17.5 Å². The van der Waals surface area contributed by atoms with Gasteiger partial charge in [0.15, 0.2) is 6.61 Å². The maximum Gasteiger partial charge on any atom is 0.344 e. The second-order valence-electron chi connectivity index (χ2n) is 8.03. The molecule has 0 saturated carbocycles. The Labute approximate surface area is 182 Å². The number of carbonyl (C=O) groups excluding carboxylic acids is 2. The quantitative estimate of drug-likeness (QED) is 0.525. The van der Waals surface area contributed by atoms with E-state index in [2.05, 4.69) is 36.5 Å². The van der Waals surface area contributed by atoms with Gasteiger partial charge < -0.3 is 14.6 Å². The number of hydrogen-bond donors (Lipinski definition) is 1. The Morgan fingerprint density at radius 3 is 2.35 bits per heavy atom. The summed E-state index contributed by atoms with van der Waals surface area (Å²) in [4.78, 5) is 24.9. The molecule has 0 aliphatic heterocycles. The molecule has 0 radical (unpaired) electrons. The Balaban J connectivity index is 1.58. The van der Waals surface area contributed by atoms with E-state index in [4.69, 9.17) is 9.26 Å². The predicted octanol–water partition coefficient (Wildman–Crippen LogP) is 4.88. The van der Waals surface area contributed by atoms with Crippen LogP contribution in [0.25, 0.3) is 11.3 Å². The van der Waals surface area contributed by atoms with Crippen LogP contribution in [0, 0.1) is 12.8 Å². The van der Waals surface area contributed by atoms with E-state index >= 15 is 0 Å². The fraction of sp³-hybridized carbons (Fsp3) is 0.320. The van der Waals surface area contributed by atoms with Gasteiger partial charge in [0, 0.05) is 5.56 Å². The molecule has 6 heteroatoms. The molecule has 1 heterocycles. The number of rotatable bonds is 8. The number of hydrogen-bond acceptors (Lipinski definition) is 5. The number of aryl methyl sites for hydroxylation is 1. The van der Waals surface area contributed by atoms with Crippen LogP contribution in [-0.2, 0) is 16.0 Å². The molecule has 0 aliphatic carbocycles. The minimum Gasteiger partial charge on any atom is -0.452 e. The van der Waals surface area contributed by atoms with E-state index in [-0.39, 0.29) is 24.1 Å². The van der Waals surface area contributed by atoms with Crippen molar-refractivity contribution in [2.24, 2.45) is 5.92 Å². The second-order valence-corrected chi connectivity index (χ2v) is 8.03. The monoisotopic (exact) mass is 420 g/mol. The van der Waals surface area contributed by atoms with Crippen molar-refractivity contribution in [3.05, 3.63) is 77.0 Å². The van der Waals surface area contributed by atoms with Crippen LogP contribution in [0.3, 0.4) is 0 Å². The average Bonchev–Trinajstić information content (AvgIpc) is 3.14. The van der Waals surface area contributed by atoms with Crippen molar-refractivity contribution < 1.29 is 18.8 Å². The van der Waals surface area contributed by atoms with Gasteiger partial charge in [-0.3, -0.25) is 4.79 Å². The molecule has 1 aromatic heterocycles. The summed E-state index contributed by atoms with van der Waals surface area (Å²) in [7, 11) is 0. The summed E-state index contributed by atoms with van der Waals surface area (Å²) in [5, 5.41) is 6.83. The summed E-state index contributed by atoms with van der Waals surface area (Å²) in [5.74, 6) is -0.0748. The average molecular weight is 421 g/mol. The standard InChI is InChI=1S/C25H28N2O4/c1-16(2)14-19-10-12-20(13-11-19)17(3)26-22(28)15-30-25(29)23-18(4)31-27-24(23)21-8-6-5-7-9-21/h5-13,16-17H,14-15H2,1-4H3,(H,26,28)/t17-/m1/s1. The number of benzene rings is 2. The highest BCUT2D eigenvalue weighted by Crippen LogP contribution is 2.25. The molecule has 6 nitrogen and oxygen atoms in total. The van der Waals surface area contributed by atoms with Crippen LogP contribution in [0.1, 0.15) is 54.1 Å². The van der Waals surface area contributed by atoms with Gasteiger partial charge in [-0.05, 0) is 37.3 Å². The van der Waals surface area contributed by atoms with Crippen molar-refractivity contribution in [3.63, 3.8) is 0 Å². The van der Waals surface area contributed by atoms with Gasteiger partial charge in [-0.2, -0.15) is 0 Å². The van der Waals surface area contributed by atoms with E-state index in [1.165, 1.54) is 5.56 Å². The summed E-state index contributed by atoms with van der Waals surface area (Å²) in [5.41, 5.74) is 3.63. The number of nitrogens with zero attached hydrogens (tertiary/aromatic N) is 1. The fourth-order valence-electron chi connectivity index (χ4n) is 3.39. The predicted molar refractivity (Wildman–Crippen MR) is 119 cm³/mol. The summed E-state index contributed by atoms with van der Waals surface area (Å²) < 4.78 is 10.4. The van der Waals surface area contributed by atoms with Crippen molar-refractivity contribution in [1.82, 2.24) is 10.5 Å². The smallest absolute Gasteiger partial charge is 0.344 e. The molecule has 0 saturated heterocycles. The summed E-state index contributed by atoms with van der Waals surface area (Å²) in [6.45, 7) is 7.52. The molecule has 0 spiro atoms. The molecule has 2 aromatic carbocycles. The summed E-state index contributed by atoms with van der Waals surface area (Å²) >= 11 is 0. The lowest BCUT2D eigenvalue weighted by molar-refractivity contribution is -0.124. The highest BCUT2D eigenvalue weighted by molar-refractivity contribution is 5.98. The molecule has 0 unspecified atom stereocenters. The third kappa shape index (κ3) is 5.81. The normalized spacial score (nSPS) is 11.9. The van der Waals surface area contributed by atoms with Crippen molar-refractivity contribution in [2.45, 2.75) is 40.2 Å². The van der Waals surface area contributed by atoms with Crippen molar-refractivity contribution >= 4 is 11.9 Å². The minimum atomic E-state index is -0.640. The first kappa shape index (κ1) is 22.3. The van der Waals surface area contributed by atoms with Crippen LogP contribution < -0.4 is 5.32 Å². The molecule has 31 heavy (non-hydrogen) atoms. The molecule has 0 fully saturated rings. The second kappa shape index (κ2) is 10.1. The zero-order valence-corrected chi connectivity index (χ0v) is 18.3. The highest BCUT2D eigenvalue weighted by atomic mass is 16.5. The lowest BCUT2D eigenvalue weighted by Gasteiger charge is -2.15. The molecule has 0 bridgehead atoms. The molecule has 3 aromatic rings. The number of nitrogens with one attached hydrogen (secondary N) is 1. The first-order chi connectivity index (χ1) is 14.8. The first-order valence-corrected chi connectivity index (χ1v) is 10.4. The number of ether oxygens (including phenoxy) is 1. The van der Waals surface area contributed by atoms with Crippen molar-refractivity contribution in [1.29, 1.82) is 0 Å². The van der Waals surface area contributed by atoms with E-state index in [0.29, 0.717) is 17.4 Å². The van der Waals surface area contributed by atoms with Crippen LogP contribution in [-0.4, -0.2) is 23.6 Å². The van der Waals surface area contributed by atoms with E-state index in [9.17, 15) is 9.59 Å². The Hall–Kier alpha value is -3.41. The van der Waals surface area contributed by atoms with Crippen LogP contribution in [0.5, 0.6) is 0 Å². The van der Waals surface area contributed by atoms with Gasteiger partial charge in [-0.1, -0.05) is 73.6 Å². The molecular formula is C25H28N2O4. The van der Waals surface area contributed by atoms with E-state index < -0.39 is 5.97 Å². The maximum atomic E-state index is 12.6. The van der Waals surface area contributed by atoms with Crippen LogP contribution in [0.2, 0.25) is 0 Å². The topological polar surface area (TPSA) is 81.4 Å². The lowest BCUT2D eigenvalue weighted by atomic mass is 10.00. The van der Waals surface area contributed by atoms with Gasteiger partial charge in [0.05, 0.1) is 6.04 Å². The zero-order valence-electron chi connectivity index (χ0n) is 18.3. The third-order valence-corrected chi connectivity index (χ3v) is 4.95. The number of carbonyl (C=O) groups is 2. The number of esters is 1. The Bertz CT molecular complexity index is 1020. The molecule has 162 valence electrons. The maximum absolute atomic E-state index is 12.6. The fourth-order valence-corrected chi connectivity index (χ4v) is 3.39. The minimum absolute atomic E-state index is 0.198. The van der Waals surface area contributed by atoms with Gasteiger partial charge in [-0.15, -0.1) is 0 Å². The van der Waals surface area contributed by atoms with Crippen molar-refractivity contribution in [3.8, 4) is 11.3 Å². The molecule has 0 aliphatic rings. The van der Waals surface area contributed by atoms with E-state index in [1.54, 1.807) is 6.92 Å². The Morgan fingerprint density at radius 2 is 1.71 bits per heavy atom. The van der Waals surface area contributed by atoms with Gasteiger partial charge in [0.25, 0.3) is 5.91 Å². The largest absolute Gasteiger partial charge is 0.452 e. The van der Waals surface area contributed by atoms with Gasteiger partial charge >= 0.3 is 5.97 Å². The molecule has 1 atom stereocenters. The Kier molecular flexibility index (Phi) is 7.23. The lowest BCUT2D eigenvalue weighted by Crippen LogP contribution is -2.31. The van der Waals surface area contributed by atoms with Crippen LogP contribution in [0.4, 0.5) is 0 Å². The SMILES string of the molecule is Cc1onc(-c2ccccc2)c1C(=O)OCC(=O)N[C@H](C)c1ccc(CC(C)C)cc1. The highest BCUT2D eigenvalue weighted by Gasteiger charge is 2.23. The molecule has 3 rings (SSSR count). The molecule has 1 amide bonds. The van der Waals surface area contributed by atoms with E-state index in [1.807, 2.05) is 49.4 Å². The number of amides is 1. The Morgan fingerprint density at radius 1 is 1.03 bits per heavy atom. The molecule has 1 N–H and O–H groups in total. The van der Waals surface area contributed by atoms with Crippen LogP contribution >= 0.6 is 0 Å². The number of aromatic nitrogens is 1. The third-order valence-electron chi connectivity index (χ3n) is 4.95. The summed E-state index contributed by atoms with van der Waals surface area (Å²) in [6, 6.07) is 17.2. The van der Waals surface area contributed by atoms with Gasteiger partial charge in [-0.25, -0.2) is 4.79 Å². The first-order valence-electron chi connectivity index (χ1n) is 10.4. The van der Waals surface area contributed by atoms with Crippen LogP contribution in [0.15, 0.2) is 59.1 Å². The van der Waals surface area contributed by atoms with Crippen molar-refractivity contribution in [2.75, 3.05) is 6.61 Å². The van der Waals surface area contributed by atoms with Gasteiger partial charge in [0.2, 0.25) is 0 Å². The molecular weight excluding hydrogens is 392 g/mol. The van der Waals surface area contributed by atoms with Gasteiger partial charge in [0.1, 0.15) is 17.0 Å². The summed E-state index contributed by atoms with van der Waals surface area (Å²) in [6.07, 6.45) is 1.02. The zero-order chi connectivity index (χ0) is 22.4.